The van der Waals surface area contributed by atoms with Crippen molar-refractivity contribution in [2.75, 3.05) is 13.7 Å². The van der Waals surface area contributed by atoms with Gasteiger partial charge in [-0.3, -0.25) is 10.3 Å². The van der Waals surface area contributed by atoms with Gasteiger partial charge in [0, 0.05) is 23.7 Å². The Morgan fingerprint density at radius 2 is 1.87 bits per heavy atom. The SMILES string of the molecule is CCOc1cccc(C2CC(c3cccc(OC)c3)=NC(c3ccc(F)cc3)N2)c1O. The lowest BCUT2D eigenvalue weighted by Gasteiger charge is -2.31. The van der Waals surface area contributed by atoms with E-state index in [-0.39, 0.29) is 17.6 Å². The molecule has 4 rings (SSSR count). The summed E-state index contributed by atoms with van der Waals surface area (Å²) < 4.78 is 24.4. The number of aromatic hydroxyl groups is 1. The van der Waals surface area contributed by atoms with Crippen LogP contribution in [0.15, 0.2) is 71.7 Å². The van der Waals surface area contributed by atoms with Crippen molar-refractivity contribution in [1.82, 2.24) is 5.32 Å². The molecule has 0 saturated heterocycles. The summed E-state index contributed by atoms with van der Waals surface area (Å²) in [4.78, 5) is 4.91. The average molecular weight is 420 g/mol. The van der Waals surface area contributed by atoms with Gasteiger partial charge in [0.05, 0.1) is 13.7 Å². The quantitative estimate of drug-likeness (QED) is 0.578. The lowest BCUT2D eigenvalue weighted by atomic mass is 9.93. The first-order chi connectivity index (χ1) is 15.1. The molecule has 0 radical (unpaired) electrons. The molecule has 160 valence electrons. The Morgan fingerprint density at radius 1 is 1.10 bits per heavy atom. The monoisotopic (exact) mass is 420 g/mol. The van der Waals surface area contributed by atoms with E-state index >= 15 is 0 Å². The number of methoxy groups -OCH3 is 1. The lowest BCUT2D eigenvalue weighted by molar-refractivity contribution is 0.313. The van der Waals surface area contributed by atoms with Crippen LogP contribution >= 0.6 is 0 Å². The fourth-order valence-electron chi connectivity index (χ4n) is 3.79. The van der Waals surface area contributed by atoms with Crippen LogP contribution in [0.4, 0.5) is 4.39 Å². The fourth-order valence-corrected chi connectivity index (χ4v) is 3.79. The molecule has 0 aliphatic carbocycles. The zero-order chi connectivity index (χ0) is 21.8. The van der Waals surface area contributed by atoms with E-state index in [1.165, 1.54) is 12.1 Å². The van der Waals surface area contributed by atoms with E-state index in [1.807, 2.05) is 43.3 Å². The summed E-state index contributed by atoms with van der Waals surface area (Å²) in [6.45, 7) is 2.34. The molecule has 0 fully saturated rings. The maximum absolute atomic E-state index is 13.5. The molecule has 1 aliphatic heterocycles. The minimum Gasteiger partial charge on any atom is -0.504 e. The number of aliphatic imine (C=N–C) groups is 1. The highest BCUT2D eigenvalue weighted by atomic mass is 19.1. The maximum Gasteiger partial charge on any atom is 0.162 e. The predicted molar refractivity (Wildman–Crippen MR) is 118 cm³/mol. The maximum atomic E-state index is 13.5. The van der Waals surface area contributed by atoms with Gasteiger partial charge in [0.25, 0.3) is 0 Å². The number of rotatable bonds is 6. The predicted octanol–water partition coefficient (Wildman–Crippen LogP) is 5.16. The molecule has 0 bridgehead atoms. The third-order valence-electron chi connectivity index (χ3n) is 5.34. The second-order valence-corrected chi connectivity index (χ2v) is 7.31. The Kier molecular flexibility index (Phi) is 6.18. The van der Waals surface area contributed by atoms with Crippen molar-refractivity contribution in [2.45, 2.75) is 25.6 Å². The fraction of sp³-hybridized carbons (Fsp3) is 0.240. The van der Waals surface area contributed by atoms with E-state index in [9.17, 15) is 9.50 Å². The Morgan fingerprint density at radius 3 is 2.61 bits per heavy atom. The van der Waals surface area contributed by atoms with Crippen molar-refractivity contribution < 1.29 is 19.0 Å². The van der Waals surface area contributed by atoms with E-state index in [0.29, 0.717) is 18.8 Å². The molecule has 2 atom stereocenters. The summed E-state index contributed by atoms with van der Waals surface area (Å²) in [6.07, 6.45) is 0.171. The molecule has 0 amide bonds. The topological polar surface area (TPSA) is 63.1 Å². The number of nitrogens with one attached hydrogen (secondary N) is 1. The Hall–Kier alpha value is -3.38. The van der Waals surface area contributed by atoms with E-state index in [0.717, 1.165) is 28.2 Å². The van der Waals surface area contributed by atoms with Crippen molar-refractivity contribution in [1.29, 1.82) is 0 Å². The van der Waals surface area contributed by atoms with Gasteiger partial charge >= 0.3 is 0 Å². The molecule has 5 nitrogen and oxygen atoms in total. The van der Waals surface area contributed by atoms with Crippen molar-refractivity contribution in [2.24, 2.45) is 4.99 Å². The molecular formula is C25H25FN2O3. The van der Waals surface area contributed by atoms with Gasteiger partial charge in [0.15, 0.2) is 11.5 Å². The summed E-state index contributed by atoms with van der Waals surface area (Å²) in [7, 11) is 1.63. The third-order valence-corrected chi connectivity index (χ3v) is 5.34. The molecule has 2 unspecified atom stereocenters. The van der Waals surface area contributed by atoms with Crippen LogP contribution in [0.2, 0.25) is 0 Å². The molecule has 0 aromatic heterocycles. The zero-order valence-corrected chi connectivity index (χ0v) is 17.5. The van der Waals surface area contributed by atoms with Crippen LogP contribution in [-0.4, -0.2) is 24.5 Å². The lowest BCUT2D eigenvalue weighted by Crippen LogP contribution is -2.33. The minimum absolute atomic E-state index is 0.117. The molecule has 31 heavy (non-hydrogen) atoms. The molecule has 0 spiro atoms. The van der Waals surface area contributed by atoms with Gasteiger partial charge in [0.2, 0.25) is 0 Å². The summed E-state index contributed by atoms with van der Waals surface area (Å²) in [5, 5.41) is 14.3. The number of hydrogen-bond donors (Lipinski definition) is 2. The third kappa shape index (κ3) is 4.54. The first-order valence-corrected chi connectivity index (χ1v) is 10.3. The van der Waals surface area contributed by atoms with Crippen molar-refractivity contribution >= 4 is 5.71 Å². The van der Waals surface area contributed by atoms with E-state index in [1.54, 1.807) is 25.3 Å². The number of hydrogen-bond acceptors (Lipinski definition) is 5. The highest BCUT2D eigenvalue weighted by molar-refractivity contribution is 6.02. The minimum atomic E-state index is -0.393. The summed E-state index contributed by atoms with van der Waals surface area (Å²) in [6, 6.07) is 19.3. The number of ether oxygens (including phenoxy) is 2. The number of para-hydroxylation sites is 1. The molecule has 3 aromatic rings. The smallest absolute Gasteiger partial charge is 0.162 e. The number of nitrogens with zero attached hydrogens (tertiary/aromatic N) is 1. The number of phenolic OH excluding ortho intramolecular Hbond substituents is 1. The van der Waals surface area contributed by atoms with Gasteiger partial charge in [-0.2, -0.15) is 0 Å². The van der Waals surface area contributed by atoms with Crippen LogP contribution in [0.3, 0.4) is 0 Å². The van der Waals surface area contributed by atoms with Gasteiger partial charge in [-0.1, -0.05) is 36.4 Å². The Bertz CT molecular complexity index is 1080. The van der Waals surface area contributed by atoms with Gasteiger partial charge in [0.1, 0.15) is 17.7 Å². The van der Waals surface area contributed by atoms with Crippen LogP contribution in [0.25, 0.3) is 0 Å². The van der Waals surface area contributed by atoms with Crippen LogP contribution in [0.1, 0.15) is 42.2 Å². The van der Waals surface area contributed by atoms with Gasteiger partial charge in [-0.05, 0) is 48.4 Å². The van der Waals surface area contributed by atoms with E-state index in [2.05, 4.69) is 5.32 Å². The highest BCUT2D eigenvalue weighted by Crippen LogP contribution is 2.39. The molecule has 6 heteroatoms. The summed E-state index contributed by atoms with van der Waals surface area (Å²) in [5.41, 5.74) is 3.39. The van der Waals surface area contributed by atoms with Crippen LogP contribution < -0.4 is 14.8 Å². The largest absolute Gasteiger partial charge is 0.504 e. The highest BCUT2D eigenvalue weighted by Gasteiger charge is 2.28. The standard InChI is InChI=1S/C25H25FN2O3/c1-3-31-23-9-5-8-20(24(23)29)22-15-21(17-6-4-7-19(14-17)30-2)27-25(28-22)16-10-12-18(26)13-11-16/h4-14,22,25,28-29H,3,15H2,1-2H3. The molecule has 3 aromatic carbocycles. The molecular weight excluding hydrogens is 395 g/mol. The molecule has 1 aliphatic rings. The first kappa shape index (κ1) is 20.9. The van der Waals surface area contributed by atoms with E-state index < -0.39 is 6.17 Å². The average Bonchev–Trinajstić information content (AvgIpc) is 2.81. The van der Waals surface area contributed by atoms with Crippen molar-refractivity contribution in [3.63, 3.8) is 0 Å². The van der Waals surface area contributed by atoms with Crippen LogP contribution in [0, 0.1) is 5.82 Å². The van der Waals surface area contributed by atoms with E-state index in [4.69, 9.17) is 14.5 Å². The first-order valence-electron chi connectivity index (χ1n) is 10.3. The van der Waals surface area contributed by atoms with Crippen LogP contribution in [-0.2, 0) is 0 Å². The van der Waals surface area contributed by atoms with Crippen LogP contribution in [0.5, 0.6) is 17.2 Å². The van der Waals surface area contributed by atoms with Crippen molar-refractivity contribution in [3.8, 4) is 17.2 Å². The zero-order valence-electron chi connectivity index (χ0n) is 17.5. The summed E-state index contributed by atoms with van der Waals surface area (Å²) in [5.74, 6) is 1.02. The summed E-state index contributed by atoms with van der Waals surface area (Å²) >= 11 is 0. The molecule has 1 heterocycles. The molecule has 0 saturated carbocycles. The van der Waals surface area contributed by atoms with Gasteiger partial charge in [-0.25, -0.2) is 4.39 Å². The Balaban J connectivity index is 1.75. The Labute approximate surface area is 181 Å². The molecule has 2 N–H and O–H groups in total. The van der Waals surface area contributed by atoms with Gasteiger partial charge in [-0.15, -0.1) is 0 Å². The second kappa shape index (κ2) is 9.18. The van der Waals surface area contributed by atoms with Crippen molar-refractivity contribution in [3.05, 3.63) is 89.2 Å². The second-order valence-electron chi connectivity index (χ2n) is 7.31. The number of halogens is 1. The number of benzene rings is 3. The number of phenols is 1. The van der Waals surface area contributed by atoms with Gasteiger partial charge < -0.3 is 14.6 Å². The normalized spacial score (nSPS) is 18.4.